The van der Waals surface area contributed by atoms with Gasteiger partial charge in [-0.3, -0.25) is 4.79 Å². The SMILES string of the molecule is COc1cc(C(=O)C2COC(c3cccs3)=N2)cc(OC)c1OC. The molecule has 2 heterocycles. The van der Waals surface area contributed by atoms with Gasteiger partial charge in [-0.25, -0.2) is 4.99 Å². The molecule has 1 unspecified atom stereocenters. The van der Waals surface area contributed by atoms with Gasteiger partial charge in [0.05, 0.1) is 26.2 Å². The number of hydrogen-bond donors (Lipinski definition) is 0. The predicted molar refractivity (Wildman–Crippen MR) is 91.0 cm³/mol. The average Bonchev–Trinajstić information content (AvgIpc) is 3.30. The maximum Gasteiger partial charge on any atom is 0.227 e. The number of Topliss-reactive ketones (excluding diaryl/α,β-unsaturated/α-hetero) is 1. The molecule has 1 aliphatic rings. The number of carbonyl (C=O) groups is 1. The van der Waals surface area contributed by atoms with E-state index in [2.05, 4.69) is 4.99 Å². The predicted octanol–water partition coefficient (Wildman–Crippen LogP) is 2.80. The Labute approximate surface area is 143 Å². The van der Waals surface area contributed by atoms with Crippen LogP contribution in [-0.2, 0) is 4.74 Å². The van der Waals surface area contributed by atoms with E-state index in [0.717, 1.165) is 4.88 Å². The van der Waals surface area contributed by atoms with Gasteiger partial charge in [-0.2, -0.15) is 0 Å². The monoisotopic (exact) mass is 347 g/mol. The van der Waals surface area contributed by atoms with Gasteiger partial charge in [0.15, 0.2) is 23.3 Å². The van der Waals surface area contributed by atoms with E-state index in [0.29, 0.717) is 28.7 Å². The minimum Gasteiger partial charge on any atom is -0.493 e. The van der Waals surface area contributed by atoms with Crippen molar-refractivity contribution in [3.63, 3.8) is 0 Å². The van der Waals surface area contributed by atoms with Gasteiger partial charge in [-0.15, -0.1) is 11.3 Å². The summed E-state index contributed by atoms with van der Waals surface area (Å²) in [4.78, 5) is 18.1. The summed E-state index contributed by atoms with van der Waals surface area (Å²) >= 11 is 1.52. The molecule has 2 aromatic rings. The van der Waals surface area contributed by atoms with E-state index >= 15 is 0 Å². The summed E-state index contributed by atoms with van der Waals surface area (Å²) in [6, 6.07) is 6.51. The van der Waals surface area contributed by atoms with Gasteiger partial charge in [0.2, 0.25) is 11.6 Å². The Balaban J connectivity index is 1.90. The number of hydrogen-bond acceptors (Lipinski definition) is 7. The normalized spacial score (nSPS) is 16.3. The second-order valence-corrected chi connectivity index (χ2v) is 5.96. The molecule has 24 heavy (non-hydrogen) atoms. The van der Waals surface area contributed by atoms with E-state index in [1.54, 1.807) is 12.1 Å². The van der Waals surface area contributed by atoms with Crippen LogP contribution < -0.4 is 14.2 Å². The Kier molecular flexibility index (Phi) is 4.71. The first-order chi connectivity index (χ1) is 11.7. The summed E-state index contributed by atoms with van der Waals surface area (Å²) in [5.41, 5.74) is 0.439. The molecule has 1 atom stereocenters. The van der Waals surface area contributed by atoms with Gasteiger partial charge >= 0.3 is 0 Å². The molecule has 0 N–H and O–H groups in total. The highest BCUT2D eigenvalue weighted by molar-refractivity contribution is 7.12. The molecular formula is C17H17NO5S. The fourth-order valence-corrected chi connectivity index (χ4v) is 3.13. The number of benzene rings is 1. The van der Waals surface area contributed by atoms with E-state index in [-0.39, 0.29) is 12.4 Å². The Bertz CT molecular complexity index is 744. The van der Waals surface area contributed by atoms with Crippen LogP contribution in [0.25, 0.3) is 0 Å². The highest BCUT2D eigenvalue weighted by Crippen LogP contribution is 2.38. The number of nitrogens with zero attached hydrogens (tertiary/aromatic N) is 1. The molecule has 6 nitrogen and oxygen atoms in total. The van der Waals surface area contributed by atoms with Crippen molar-refractivity contribution >= 4 is 23.0 Å². The van der Waals surface area contributed by atoms with Gasteiger partial charge in [-0.1, -0.05) is 6.07 Å². The number of aliphatic imine (C=N–C) groups is 1. The fraction of sp³-hybridized carbons (Fsp3) is 0.294. The largest absolute Gasteiger partial charge is 0.493 e. The molecular weight excluding hydrogens is 330 g/mol. The Hall–Kier alpha value is -2.54. The van der Waals surface area contributed by atoms with Crippen molar-refractivity contribution in [3.05, 3.63) is 40.1 Å². The van der Waals surface area contributed by atoms with Crippen molar-refractivity contribution in [1.82, 2.24) is 0 Å². The standard InChI is InChI=1S/C17H17NO5S/c1-20-12-7-10(8-13(21-2)16(12)22-3)15(19)11-9-23-17(18-11)14-5-4-6-24-14/h4-8,11H,9H2,1-3H3. The molecule has 7 heteroatoms. The summed E-state index contributed by atoms with van der Waals surface area (Å²) in [7, 11) is 4.54. The van der Waals surface area contributed by atoms with Crippen LogP contribution in [0.1, 0.15) is 15.2 Å². The third kappa shape index (κ3) is 2.94. The molecule has 1 aliphatic heterocycles. The van der Waals surface area contributed by atoms with Crippen molar-refractivity contribution in [3.8, 4) is 17.2 Å². The first-order valence-electron chi connectivity index (χ1n) is 7.26. The first-order valence-corrected chi connectivity index (χ1v) is 8.14. The minimum absolute atomic E-state index is 0.152. The summed E-state index contributed by atoms with van der Waals surface area (Å²) in [5.74, 6) is 1.67. The lowest BCUT2D eigenvalue weighted by Gasteiger charge is -2.14. The van der Waals surface area contributed by atoms with Gasteiger partial charge < -0.3 is 18.9 Å². The zero-order chi connectivity index (χ0) is 17.1. The van der Waals surface area contributed by atoms with Gasteiger partial charge in [0.1, 0.15) is 6.61 Å². The lowest BCUT2D eigenvalue weighted by Crippen LogP contribution is -2.20. The molecule has 0 aliphatic carbocycles. The summed E-state index contributed by atoms with van der Waals surface area (Å²) in [6.45, 7) is 0.225. The van der Waals surface area contributed by atoms with E-state index in [4.69, 9.17) is 18.9 Å². The zero-order valence-corrected chi connectivity index (χ0v) is 14.4. The quantitative estimate of drug-likeness (QED) is 0.752. The van der Waals surface area contributed by atoms with Crippen molar-refractivity contribution < 1.29 is 23.7 Å². The topological polar surface area (TPSA) is 66.4 Å². The number of carbonyl (C=O) groups excluding carboxylic acids is 1. The third-order valence-corrected chi connectivity index (χ3v) is 4.49. The molecule has 0 saturated heterocycles. The molecule has 0 saturated carbocycles. The van der Waals surface area contributed by atoms with Crippen molar-refractivity contribution in [2.45, 2.75) is 6.04 Å². The van der Waals surface area contributed by atoms with Crippen molar-refractivity contribution in [2.24, 2.45) is 4.99 Å². The highest BCUT2D eigenvalue weighted by Gasteiger charge is 2.29. The Morgan fingerprint density at radius 2 is 1.92 bits per heavy atom. The van der Waals surface area contributed by atoms with Crippen molar-refractivity contribution in [2.75, 3.05) is 27.9 Å². The van der Waals surface area contributed by atoms with Crippen LogP contribution in [0.2, 0.25) is 0 Å². The first kappa shape index (κ1) is 16.3. The Morgan fingerprint density at radius 1 is 1.21 bits per heavy atom. The van der Waals surface area contributed by atoms with Crippen LogP contribution in [0.3, 0.4) is 0 Å². The number of thiophene rings is 1. The maximum absolute atomic E-state index is 12.8. The molecule has 126 valence electrons. The summed E-state index contributed by atoms with van der Waals surface area (Å²) in [5, 5.41) is 1.94. The molecule has 0 radical (unpaired) electrons. The van der Waals surface area contributed by atoms with Crippen LogP contribution >= 0.6 is 11.3 Å². The van der Waals surface area contributed by atoms with Crippen molar-refractivity contribution in [1.29, 1.82) is 0 Å². The second-order valence-electron chi connectivity index (χ2n) is 5.02. The van der Waals surface area contributed by atoms with Crippen LogP contribution in [-0.4, -0.2) is 45.7 Å². The third-order valence-electron chi connectivity index (χ3n) is 3.63. The van der Waals surface area contributed by atoms with Crippen LogP contribution in [0.15, 0.2) is 34.6 Å². The van der Waals surface area contributed by atoms with E-state index in [1.165, 1.54) is 32.7 Å². The van der Waals surface area contributed by atoms with Gasteiger partial charge in [0.25, 0.3) is 0 Å². The molecule has 0 bridgehead atoms. The molecule has 0 amide bonds. The zero-order valence-electron chi connectivity index (χ0n) is 13.6. The second kappa shape index (κ2) is 6.92. The number of methoxy groups -OCH3 is 3. The molecule has 1 aromatic heterocycles. The van der Waals surface area contributed by atoms with Crippen LogP contribution in [0.4, 0.5) is 0 Å². The number of ether oxygens (including phenoxy) is 4. The molecule has 3 rings (SSSR count). The average molecular weight is 347 g/mol. The fourth-order valence-electron chi connectivity index (χ4n) is 2.46. The lowest BCUT2D eigenvalue weighted by atomic mass is 10.0. The van der Waals surface area contributed by atoms with Gasteiger partial charge in [-0.05, 0) is 23.6 Å². The molecule has 0 fully saturated rings. The molecule has 0 spiro atoms. The number of rotatable bonds is 6. The molecule has 1 aromatic carbocycles. The summed E-state index contributed by atoms with van der Waals surface area (Å²) < 4.78 is 21.4. The number of ketones is 1. The van der Waals surface area contributed by atoms with E-state index in [1.807, 2.05) is 17.5 Å². The highest BCUT2D eigenvalue weighted by atomic mass is 32.1. The maximum atomic E-state index is 12.8. The van der Waals surface area contributed by atoms with Gasteiger partial charge in [0, 0.05) is 5.56 Å². The lowest BCUT2D eigenvalue weighted by molar-refractivity contribution is 0.0947. The summed E-state index contributed by atoms with van der Waals surface area (Å²) in [6.07, 6.45) is 0. The Morgan fingerprint density at radius 3 is 2.46 bits per heavy atom. The minimum atomic E-state index is -0.579. The smallest absolute Gasteiger partial charge is 0.227 e. The van der Waals surface area contributed by atoms with Crippen LogP contribution in [0.5, 0.6) is 17.2 Å². The van der Waals surface area contributed by atoms with Crippen LogP contribution in [0, 0.1) is 0 Å². The van der Waals surface area contributed by atoms with E-state index < -0.39 is 6.04 Å². The van der Waals surface area contributed by atoms with E-state index in [9.17, 15) is 4.79 Å².